The van der Waals surface area contributed by atoms with E-state index < -0.39 is 10.0 Å². The Labute approximate surface area is 214 Å². The fourth-order valence-corrected chi connectivity index (χ4v) is 5.73. The highest BCUT2D eigenvalue weighted by Crippen LogP contribution is 2.19. The standard InChI is InChI=1S/C27H27N3O6S/c1-20-6-8-24(9-7-20)37(33,34)30-12-10-29(11-13-30)27(32)19-36-26-18-35-23(14-25(26)31)17-28-15-21-4-2-3-5-22(21)16-28/h2-9,14-16,18H,10-13,17,19H2,1H3. The number of aryl methyl sites for hydroxylation is 1. The summed E-state index contributed by atoms with van der Waals surface area (Å²) in [6.07, 6.45) is 5.18. The van der Waals surface area contributed by atoms with Gasteiger partial charge in [0.25, 0.3) is 5.91 Å². The molecule has 1 amide bonds. The highest BCUT2D eigenvalue weighted by atomic mass is 32.2. The summed E-state index contributed by atoms with van der Waals surface area (Å²) in [6, 6.07) is 16.0. The van der Waals surface area contributed by atoms with Gasteiger partial charge in [-0.3, -0.25) is 9.59 Å². The van der Waals surface area contributed by atoms with Crippen molar-refractivity contribution >= 4 is 26.7 Å². The summed E-state index contributed by atoms with van der Waals surface area (Å²) >= 11 is 0. The molecule has 5 rings (SSSR count). The molecule has 2 aromatic carbocycles. The van der Waals surface area contributed by atoms with E-state index in [2.05, 4.69) is 0 Å². The first-order chi connectivity index (χ1) is 17.8. The molecule has 0 atom stereocenters. The van der Waals surface area contributed by atoms with E-state index in [4.69, 9.17) is 9.15 Å². The van der Waals surface area contributed by atoms with Crippen LogP contribution in [0.1, 0.15) is 11.3 Å². The number of amides is 1. The van der Waals surface area contributed by atoms with Gasteiger partial charge in [-0.1, -0.05) is 42.0 Å². The molecule has 0 radical (unpaired) electrons. The molecular formula is C27H27N3O6S. The molecule has 0 saturated carbocycles. The number of benzene rings is 2. The predicted octanol–water partition coefficient (Wildman–Crippen LogP) is 2.86. The van der Waals surface area contributed by atoms with Crippen molar-refractivity contribution in [3.63, 3.8) is 0 Å². The number of hydrogen-bond donors (Lipinski definition) is 0. The largest absolute Gasteiger partial charge is 0.477 e. The molecule has 192 valence electrons. The first-order valence-electron chi connectivity index (χ1n) is 11.9. The molecule has 0 N–H and O–H groups in total. The SMILES string of the molecule is Cc1ccc(S(=O)(=O)N2CCN(C(=O)COc3coc(Cn4cc5ccccc5c4)cc3=O)CC2)cc1. The van der Waals surface area contributed by atoms with Crippen molar-refractivity contribution in [1.82, 2.24) is 13.8 Å². The van der Waals surface area contributed by atoms with Crippen molar-refractivity contribution in [3.8, 4) is 5.75 Å². The topological polar surface area (TPSA) is 102 Å². The maximum atomic E-state index is 12.9. The van der Waals surface area contributed by atoms with Gasteiger partial charge >= 0.3 is 0 Å². The van der Waals surface area contributed by atoms with Gasteiger partial charge in [0.15, 0.2) is 6.61 Å². The fraction of sp³-hybridized carbons (Fsp3) is 0.259. The fourth-order valence-electron chi connectivity index (χ4n) is 4.31. The van der Waals surface area contributed by atoms with E-state index in [-0.39, 0.29) is 54.8 Å². The lowest BCUT2D eigenvalue weighted by atomic mass is 10.2. The van der Waals surface area contributed by atoms with Gasteiger partial charge < -0.3 is 18.6 Å². The number of aromatic nitrogens is 1. The van der Waals surface area contributed by atoms with Crippen LogP contribution in [0.5, 0.6) is 5.75 Å². The Morgan fingerprint density at radius 2 is 1.62 bits per heavy atom. The summed E-state index contributed by atoms with van der Waals surface area (Å²) < 4.78 is 40.1. The Balaban J connectivity index is 1.14. The van der Waals surface area contributed by atoms with E-state index in [9.17, 15) is 18.0 Å². The van der Waals surface area contributed by atoms with Crippen molar-refractivity contribution in [2.75, 3.05) is 32.8 Å². The molecule has 1 aliphatic heterocycles. The van der Waals surface area contributed by atoms with Gasteiger partial charge in [-0.25, -0.2) is 8.42 Å². The number of carbonyl (C=O) groups excluding carboxylic acids is 1. The minimum atomic E-state index is -3.61. The van der Waals surface area contributed by atoms with Crippen LogP contribution in [-0.2, 0) is 21.4 Å². The minimum Gasteiger partial charge on any atom is -0.477 e. The van der Waals surface area contributed by atoms with Gasteiger partial charge in [-0.05, 0) is 29.8 Å². The van der Waals surface area contributed by atoms with E-state index >= 15 is 0 Å². The molecule has 1 saturated heterocycles. The molecule has 0 aliphatic carbocycles. The molecule has 10 heteroatoms. The zero-order valence-electron chi connectivity index (χ0n) is 20.4. The van der Waals surface area contributed by atoms with E-state index in [0.29, 0.717) is 12.3 Å². The molecule has 4 aromatic rings. The van der Waals surface area contributed by atoms with Crippen molar-refractivity contribution < 1.29 is 22.4 Å². The number of ether oxygens (including phenoxy) is 1. The minimum absolute atomic E-state index is 0.0460. The van der Waals surface area contributed by atoms with Crippen molar-refractivity contribution in [2.24, 2.45) is 0 Å². The molecule has 0 bridgehead atoms. The Hall–Kier alpha value is -3.89. The van der Waals surface area contributed by atoms with Crippen molar-refractivity contribution in [3.05, 3.63) is 94.8 Å². The predicted molar refractivity (Wildman–Crippen MR) is 138 cm³/mol. The second kappa shape index (κ2) is 10.2. The smallest absolute Gasteiger partial charge is 0.260 e. The van der Waals surface area contributed by atoms with Crippen LogP contribution < -0.4 is 10.2 Å². The Morgan fingerprint density at radius 1 is 0.973 bits per heavy atom. The van der Waals surface area contributed by atoms with Gasteiger partial charge in [0.05, 0.1) is 11.4 Å². The maximum absolute atomic E-state index is 12.9. The lowest BCUT2D eigenvalue weighted by Gasteiger charge is -2.33. The van der Waals surface area contributed by atoms with Crippen LogP contribution in [0.25, 0.3) is 10.8 Å². The van der Waals surface area contributed by atoms with Crippen molar-refractivity contribution in [2.45, 2.75) is 18.4 Å². The molecule has 1 aliphatic rings. The summed E-state index contributed by atoms with van der Waals surface area (Å²) in [4.78, 5) is 26.9. The maximum Gasteiger partial charge on any atom is 0.260 e. The zero-order chi connectivity index (χ0) is 26.0. The average molecular weight is 522 g/mol. The summed E-state index contributed by atoms with van der Waals surface area (Å²) in [7, 11) is -3.61. The van der Waals surface area contributed by atoms with E-state index in [1.807, 2.05) is 48.1 Å². The highest BCUT2D eigenvalue weighted by molar-refractivity contribution is 7.89. The van der Waals surface area contributed by atoms with E-state index in [0.717, 1.165) is 16.3 Å². The van der Waals surface area contributed by atoms with Gasteiger partial charge in [0.1, 0.15) is 12.0 Å². The highest BCUT2D eigenvalue weighted by Gasteiger charge is 2.30. The van der Waals surface area contributed by atoms with Crippen LogP contribution in [0.4, 0.5) is 0 Å². The van der Waals surface area contributed by atoms with Gasteiger partial charge in [0.2, 0.25) is 21.2 Å². The summed E-state index contributed by atoms with van der Waals surface area (Å²) in [5.41, 5.74) is 0.604. The molecule has 3 heterocycles. The molecular weight excluding hydrogens is 494 g/mol. The third-order valence-corrected chi connectivity index (χ3v) is 8.31. The van der Waals surface area contributed by atoms with Crippen LogP contribution in [-0.4, -0.2) is 60.9 Å². The molecule has 1 fully saturated rings. The van der Waals surface area contributed by atoms with Gasteiger partial charge in [-0.15, -0.1) is 0 Å². The van der Waals surface area contributed by atoms with E-state index in [1.54, 1.807) is 24.3 Å². The first-order valence-corrected chi connectivity index (χ1v) is 13.4. The van der Waals surface area contributed by atoms with Gasteiger partial charge in [-0.2, -0.15) is 4.31 Å². The lowest BCUT2D eigenvalue weighted by Crippen LogP contribution is -2.51. The Morgan fingerprint density at radius 3 is 2.24 bits per heavy atom. The van der Waals surface area contributed by atoms with Gasteiger partial charge in [0, 0.05) is 44.6 Å². The average Bonchev–Trinajstić information content (AvgIpc) is 3.31. The first kappa shape index (κ1) is 24.8. The number of rotatable bonds is 7. The third-order valence-electron chi connectivity index (χ3n) is 6.40. The quantitative estimate of drug-likeness (QED) is 0.371. The molecule has 2 aromatic heterocycles. The zero-order valence-corrected chi connectivity index (χ0v) is 21.2. The molecule has 9 nitrogen and oxygen atoms in total. The summed E-state index contributed by atoms with van der Waals surface area (Å²) in [5, 5.41) is 2.19. The Kier molecular flexibility index (Phi) is 6.86. The van der Waals surface area contributed by atoms with Crippen LogP contribution in [0, 0.1) is 6.92 Å². The number of carbonyl (C=O) groups is 1. The lowest BCUT2D eigenvalue weighted by molar-refractivity contribution is -0.134. The normalized spacial score (nSPS) is 14.7. The summed E-state index contributed by atoms with van der Waals surface area (Å²) in [5.74, 6) is 0.0973. The number of sulfonamides is 1. The molecule has 0 spiro atoms. The second-order valence-electron chi connectivity index (χ2n) is 9.02. The Bertz CT molecular complexity index is 1550. The molecule has 37 heavy (non-hydrogen) atoms. The second-order valence-corrected chi connectivity index (χ2v) is 11.0. The van der Waals surface area contributed by atoms with E-state index in [1.165, 1.54) is 21.5 Å². The van der Waals surface area contributed by atoms with Crippen LogP contribution in [0.2, 0.25) is 0 Å². The third kappa shape index (κ3) is 5.45. The molecule has 0 unspecified atom stereocenters. The van der Waals surface area contributed by atoms with Crippen LogP contribution in [0.3, 0.4) is 0 Å². The number of hydrogen-bond acceptors (Lipinski definition) is 6. The van der Waals surface area contributed by atoms with Crippen LogP contribution in [0.15, 0.2) is 87.4 Å². The number of piperazine rings is 1. The van der Waals surface area contributed by atoms with Crippen LogP contribution >= 0.6 is 0 Å². The number of nitrogens with zero attached hydrogens (tertiary/aromatic N) is 3. The monoisotopic (exact) mass is 521 g/mol. The summed E-state index contributed by atoms with van der Waals surface area (Å²) in [6.45, 7) is 2.81. The number of fused-ring (bicyclic) bond motifs is 1. The van der Waals surface area contributed by atoms with Crippen molar-refractivity contribution in [1.29, 1.82) is 0 Å².